The van der Waals surface area contributed by atoms with E-state index in [0.717, 1.165) is 48.5 Å². The zero-order valence-electron chi connectivity index (χ0n) is 21.6. The number of hydrogen-bond donors (Lipinski definition) is 2. The second kappa shape index (κ2) is 10.3. The van der Waals surface area contributed by atoms with Crippen molar-refractivity contribution in [1.82, 2.24) is 30.2 Å². The molecule has 4 aromatic heterocycles. The van der Waals surface area contributed by atoms with Gasteiger partial charge < -0.3 is 25.2 Å². The van der Waals surface area contributed by atoms with Gasteiger partial charge in [0.05, 0.1) is 30.6 Å². The van der Waals surface area contributed by atoms with Crippen molar-refractivity contribution >= 4 is 34.0 Å². The van der Waals surface area contributed by atoms with Crippen molar-refractivity contribution in [3.05, 3.63) is 54.4 Å². The second-order valence-electron chi connectivity index (χ2n) is 10.2. The van der Waals surface area contributed by atoms with Crippen molar-refractivity contribution in [3.8, 4) is 11.4 Å². The number of hydrogen-bond acceptors (Lipinski definition) is 10. The maximum atomic E-state index is 15.0. The van der Waals surface area contributed by atoms with Gasteiger partial charge in [-0.2, -0.15) is 4.39 Å². The van der Waals surface area contributed by atoms with Gasteiger partial charge in [0.2, 0.25) is 5.95 Å². The van der Waals surface area contributed by atoms with Gasteiger partial charge in [-0.05, 0) is 48.6 Å². The highest BCUT2D eigenvalue weighted by Crippen LogP contribution is 2.44. The average Bonchev–Trinajstić information content (AvgIpc) is 3.84. The molecular formula is C28H30FN9O. The minimum Gasteiger partial charge on any atom is -0.378 e. The summed E-state index contributed by atoms with van der Waals surface area (Å²) in [5.74, 6) is 2.61. The molecule has 11 heteroatoms. The lowest BCUT2D eigenvalue weighted by atomic mass is 10.1. The van der Waals surface area contributed by atoms with Crippen LogP contribution in [0.1, 0.15) is 24.3 Å². The molecule has 39 heavy (non-hydrogen) atoms. The molecule has 1 aliphatic carbocycles. The summed E-state index contributed by atoms with van der Waals surface area (Å²) < 4.78 is 20.3. The smallest absolute Gasteiger partial charge is 0.238 e. The molecule has 6 heterocycles. The molecule has 2 N–H and O–H groups in total. The van der Waals surface area contributed by atoms with Crippen LogP contribution in [-0.4, -0.2) is 77.4 Å². The Bertz CT molecular complexity index is 1500. The zero-order chi connectivity index (χ0) is 26.2. The molecular weight excluding hydrogens is 497 g/mol. The summed E-state index contributed by atoms with van der Waals surface area (Å²) in [6.07, 6.45) is 7.86. The predicted octanol–water partition coefficient (Wildman–Crippen LogP) is 3.49. The average molecular weight is 528 g/mol. The Morgan fingerprint density at radius 3 is 2.59 bits per heavy atom. The minimum atomic E-state index is -0.576. The maximum absolute atomic E-state index is 15.0. The highest BCUT2D eigenvalue weighted by Gasteiger charge is 2.29. The van der Waals surface area contributed by atoms with Crippen LogP contribution in [-0.2, 0) is 4.74 Å². The van der Waals surface area contributed by atoms with Crippen LogP contribution in [0.25, 0.3) is 22.3 Å². The largest absolute Gasteiger partial charge is 0.378 e. The van der Waals surface area contributed by atoms with Crippen molar-refractivity contribution < 1.29 is 9.13 Å². The first-order valence-electron chi connectivity index (χ1n) is 13.6. The van der Waals surface area contributed by atoms with Gasteiger partial charge in [0.15, 0.2) is 5.82 Å². The molecule has 0 bridgehead atoms. The number of nitrogens with one attached hydrogen (secondary N) is 2. The first-order valence-corrected chi connectivity index (χ1v) is 13.6. The van der Waals surface area contributed by atoms with Crippen molar-refractivity contribution in [2.24, 2.45) is 0 Å². The number of nitrogens with zero attached hydrogens (tertiary/aromatic N) is 7. The van der Waals surface area contributed by atoms with Crippen LogP contribution in [0.5, 0.6) is 0 Å². The van der Waals surface area contributed by atoms with E-state index in [4.69, 9.17) is 14.7 Å². The summed E-state index contributed by atoms with van der Waals surface area (Å²) in [4.78, 5) is 27.5. The summed E-state index contributed by atoms with van der Waals surface area (Å²) in [6.45, 7) is 6.22. The highest BCUT2D eigenvalue weighted by atomic mass is 19.1. The fourth-order valence-electron chi connectivity index (χ4n) is 5.29. The SMILES string of the molecule is Fc1nc(N2CCOCC2)ccc1Nc1cc(-c2nc(N3CCNCC3)c3c(C4CC4)cncc3n2)ccn1. The first-order chi connectivity index (χ1) is 19.2. The van der Waals surface area contributed by atoms with Gasteiger partial charge in [-0.1, -0.05) is 0 Å². The molecule has 7 rings (SSSR count). The van der Waals surface area contributed by atoms with Gasteiger partial charge in [-0.3, -0.25) is 4.98 Å². The van der Waals surface area contributed by atoms with E-state index in [1.807, 2.05) is 35.5 Å². The molecule has 1 saturated carbocycles. The molecule has 0 aromatic carbocycles. The number of anilines is 4. The molecule has 0 spiro atoms. The Morgan fingerprint density at radius 2 is 1.79 bits per heavy atom. The molecule has 0 unspecified atom stereocenters. The molecule has 3 fully saturated rings. The van der Waals surface area contributed by atoms with E-state index in [9.17, 15) is 4.39 Å². The van der Waals surface area contributed by atoms with Gasteiger partial charge >= 0.3 is 0 Å². The van der Waals surface area contributed by atoms with Crippen LogP contribution < -0.4 is 20.4 Å². The molecule has 3 aliphatic rings. The number of aromatic nitrogens is 5. The van der Waals surface area contributed by atoms with Gasteiger partial charge in [0, 0.05) is 62.6 Å². The Morgan fingerprint density at radius 1 is 0.949 bits per heavy atom. The van der Waals surface area contributed by atoms with E-state index in [-0.39, 0.29) is 5.69 Å². The fraction of sp³-hybridized carbons (Fsp3) is 0.393. The number of halogens is 1. The lowest BCUT2D eigenvalue weighted by Gasteiger charge is -2.30. The number of piperazine rings is 1. The Kier molecular flexibility index (Phi) is 6.37. The Balaban J connectivity index is 1.21. The van der Waals surface area contributed by atoms with Crippen LogP contribution in [0.4, 0.5) is 27.5 Å². The van der Waals surface area contributed by atoms with E-state index in [1.54, 1.807) is 12.3 Å². The minimum absolute atomic E-state index is 0.260. The number of morpholine rings is 1. The molecule has 2 saturated heterocycles. The number of fused-ring (bicyclic) bond motifs is 1. The van der Waals surface area contributed by atoms with Crippen LogP contribution >= 0.6 is 0 Å². The van der Waals surface area contributed by atoms with E-state index in [1.165, 1.54) is 18.4 Å². The van der Waals surface area contributed by atoms with Crippen molar-refractivity contribution in [1.29, 1.82) is 0 Å². The van der Waals surface area contributed by atoms with Gasteiger partial charge in [0.1, 0.15) is 17.5 Å². The molecule has 10 nitrogen and oxygen atoms in total. The van der Waals surface area contributed by atoms with Crippen LogP contribution in [0.3, 0.4) is 0 Å². The molecule has 200 valence electrons. The normalized spacial score (nSPS) is 18.0. The van der Waals surface area contributed by atoms with Gasteiger partial charge in [-0.25, -0.2) is 19.9 Å². The monoisotopic (exact) mass is 527 g/mol. The first kappa shape index (κ1) is 24.1. The Hall–Kier alpha value is -3.96. The quantitative estimate of drug-likeness (QED) is 0.362. The van der Waals surface area contributed by atoms with Crippen LogP contribution in [0.15, 0.2) is 42.9 Å². The number of rotatable bonds is 6. The molecule has 0 amide bonds. The summed E-state index contributed by atoms with van der Waals surface area (Å²) in [7, 11) is 0. The summed E-state index contributed by atoms with van der Waals surface area (Å²) in [5.41, 5.74) is 3.14. The summed E-state index contributed by atoms with van der Waals surface area (Å²) >= 11 is 0. The molecule has 0 radical (unpaired) electrons. The van der Waals surface area contributed by atoms with Gasteiger partial charge in [-0.15, -0.1) is 0 Å². The van der Waals surface area contributed by atoms with E-state index < -0.39 is 5.95 Å². The van der Waals surface area contributed by atoms with Crippen molar-refractivity contribution in [2.75, 3.05) is 67.6 Å². The highest BCUT2D eigenvalue weighted by molar-refractivity contribution is 5.94. The van der Waals surface area contributed by atoms with E-state index in [0.29, 0.717) is 49.7 Å². The molecule has 2 aliphatic heterocycles. The summed E-state index contributed by atoms with van der Waals surface area (Å²) in [6, 6.07) is 7.23. The van der Waals surface area contributed by atoms with Crippen molar-refractivity contribution in [3.63, 3.8) is 0 Å². The van der Waals surface area contributed by atoms with Gasteiger partial charge in [0.25, 0.3) is 0 Å². The summed E-state index contributed by atoms with van der Waals surface area (Å²) in [5, 5.41) is 7.62. The topological polar surface area (TPSA) is 104 Å². The standard InChI is InChI=1S/C28H30FN9O/c29-26-21(3-4-24(35-26)37-11-13-39-14-12-37)33-23-15-19(5-6-32-23)27-34-22-17-31-16-20(18-1-2-18)25(22)28(36-27)38-9-7-30-8-10-38/h3-6,15-18,30H,1-2,7-14H2,(H,32,33). The third-order valence-electron chi connectivity index (χ3n) is 7.50. The van der Waals surface area contributed by atoms with Crippen LogP contribution in [0.2, 0.25) is 0 Å². The zero-order valence-corrected chi connectivity index (χ0v) is 21.6. The Labute approximate surface area is 225 Å². The second-order valence-corrected chi connectivity index (χ2v) is 10.2. The van der Waals surface area contributed by atoms with Crippen LogP contribution in [0, 0.1) is 5.95 Å². The lowest BCUT2D eigenvalue weighted by molar-refractivity contribution is 0.122. The van der Waals surface area contributed by atoms with E-state index in [2.05, 4.69) is 30.5 Å². The fourth-order valence-corrected chi connectivity index (χ4v) is 5.29. The third kappa shape index (κ3) is 4.95. The maximum Gasteiger partial charge on any atom is 0.238 e. The number of pyridine rings is 3. The van der Waals surface area contributed by atoms with Crippen molar-refractivity contribution in [2.45, 2.75) is 18.8 Å². The molecule has 0 atom stereocenters. The third-order valence-corrected chi connectivity index (χ3v) is 7.50. The number of ether oxygens (including phenoxy) is 1. The lowest BCUT2D eigenvalue weighted by Crippen LogP contribution is -2.44. The predicted molar refractivity (Wildman–Crippen MR) is 148 cm³/mol. The van der Waals surface area contributed by atoms with E-state index >= 15 is 0 Å². The molecule has 4 aromatic rings.